The maximum absolute atomic E-state index is 12.2. The van der Waals surface area contributed by atoms with Gasteiger partial charge in [0.05, 0.1) is 19.5 Å². The largest absolute Gasteiger partial charge is 0.492 e. The smallest absolute Gasteiger partial charge is 0.299 e. The highest BCUT2D eigenvalue weighted by Gasteiger charge is 2.21. The van der Waals surface area contributed by atoms with E-state index in [-0.39, 0.29) is 34.5 Å². The van der Waals surface area contributed by atoms with Crippen molar-refractivity contribution in [3.63, 3.8) is 0 Å². The van der Waals surface area contributed by atoms with Gasteiger partial charge in [0, 0.05) is 9.75 Å². The Balaban J connectivity index is 2.02. The van der Waals surface area contributed by atoms with Crippen LogP contribution in [0.15, 0.2) is 12.1 Å². The molecule has 2 amide bonds. The molecule has 0 aliphatic rings. The second kappa shape index (κ2) is 10.6. The molecule has 0 aromatic carbocycles. The van der Waals surface area contributed by atoms with Crippen LogP contribution in [0.5, 0.6) is 11.5 Å². The van der Waals surface area contributed by atoms with Crippen molar-refractivity contribution in [1.29, 1.82) is 0 Å². The summed E-state index contributed by atoms with van der Waals surface area (Å²) in [5.41, 5.74) is 0. The molecule has 0 radical (unpaired) electrons. The van der Waals surface area contributed by atoms with Crippen LogP contribution in [0, 0.1) is 6.92 Å². The van der Waals surface area contributed by atoms with E-state index in [0.29, 0.717) is 12.8 Å². The Morgan fingerprint density at radius 2 is 1.59 bits per heavy atom. The van der Waals surface area contributed by atoms with Crippen molar-refractivity contribution in [3.8, 4) is 11.5 Å². The van der Waals surface area contributed by atoms with E-state index in [2.05, 4.69) is 0 Å². The van der Waals surface area contributed by atoms with Crippen molar-refractivity contribution in [2.75, 3.05) is 19.5 Å². The van der Waals surface area contributed by atoms with Crippen molar-refractivity contribution >= 4 is 54.7 Å². The first kappa shape index (κ1) is 26.1. The van der Waals surface area contributed by atoms with Crippen LogP contribution in [0.3, 0.4) is 0 Å². The van der Waals surface area contributed by atoms with E-state index in [1.54, 1.807) is 30.7 Å². The summed E-state index contributed by atoms with van der Waals surface area (Å²) >= 11 is 2.19. The number of thiophene rings is 2. The molecule has 2 heterocycles. The summed E-state index contributed by atoms with van der Waals surface area (Å²) < 4.78 is 59.5. The Hall–Kier alpha value is -2.20. The number of carbonyl (C=O) groups is 2. The zero-order valence-electron chi connectivity index (χ0n) is 17.5. The van der Waals surface area contributed by atoms with Crippen molar-refractivity contribution in [2.24, 2.45) is 5.14 Å². The maximum atomic E-state index is 12.2. The summed E-state index contributed by atoms with van der Waals surface area (Å²) in [6.07, 6.45) is 1.88. The number of hydrogen-bond acceptors (Lipinski definition) is 10. The lowest BCUT2D eigenvalue weighted by molar-refractivity contribution is 0.0972. The number of nitrogens with one attached hydrogen (secondary N) is 2. The molecule has 0 saturated carbocycles. The number of carbonyl (C=O) groups excluding carboxylic acids is 2. The van der Waals surface area contributed by atoms with Gasteiger partial charge in [0.15, 0.2) is 0 Å². The molecule has 0 atom stereocenters. The maximum Gasteiger partial charge on any atom is 0.299 e. The van der Waals surface area contributed by atoms with Gasteiger partial charge in [-0.25, -0.2) is 23.0 Å². The molecule has 15 heteroatoms. The van der Waals surface area contributed by atoms with Gasteiger partial charge in [-0.3, -0.25) is 9.59 Å². The molecule has 11 nitrogen and oxygen atoms in total. The van der Waals surface area contributed by atoms with Gasteiger partial charge in [-0.2, -0.15) is 8.42 Å². The third kappa shape index (κ3) is 8.05. The Kier molecular flexibility index (Phi) is 8.64. The molecule has 0 spiro atoms. The molecule has 2 aromatic rings. The number of ether oxygens (including phenoxy) is 2. The van der Waals surface area contributed by atoms with E-state index in [1.165, 1.54) is 0 Å². The predicted molar refractivity (Wildman–Crippen MR) is 121 cm³/mol. The first-order chi connectivity index (χ1) is 14.8. The molecule has 32 heavy (non-hydrogen) atoms. The van der Waals surface area contributed by atoms with Crippen LogP contribution < -0.4 is 24.1 Å². The molecule has 0 bridgehead atoms. The molecule has 0 fully saturated rings. The fraction of sp³-hybridized carbons (Fsp3) is 0.412. The number of hydrogen-bond donors (Lipinski definition) is 3. The van der Waals surface area contributed by atoms with Crippen molar-refractivity contribution in [2.45, 2.75) is 26.7 Å². The Morgan fingerprint density at radius 3 is 2.19 bits per heavy atom. The highest BCUT2D eigenvalue weighted by molar-refractivity contribution is 7.89. The van der Waals surface area contributed by atoms with Crippen LogP contribution in [0.4, 0.5) is 0 Å². The quantitative estimate of drug-likeness (QED) is 0.367. The van der Waals surface area contributed by atoms with E-state index in [4.69, 9.17) is 14.6 Å². The minimum absolute atomic E-state index is 0.0879. The highest BCUT2D eigenvalue weighted by Crippen LogP contribution is 2.31. The molecule has 4 N–H and O–H groups in total. The van der Waals surface area contributed by atoms with E-state index < -0.39 is 32.0 Å². The second-order valence-electron chi connectivity index (χ2n) is 6.52. The summed E-state index contributed by atoms with van der Waals surface area (Å²) in [5.74, 6) is -1.10. The number of rotatable bonds is 11. The van der Waals surface area contributed by atoms with Gasteiger partial charge in [-0.1, -0.05) is 0 Å². The molecule has 2 rings (SSSR count). The number of amides is 2. The fourth-order valence-corrected chi connectivity index (χ4v) is 5.36. The van der Waals surface area contributed by atoms with Gasteiger partial charge in [0.2, 0.25) is 10.0 Å². The van der Waals surface area contributed by atoms with Crippen LogP contribution in [-0.4, -0.2) is 48.1 Å². The SMILES string of the molecule is CCOc1cc(CCCOc2cc(C)sc2C(=O)NS(C)(=O)=O)sc1C(=O)NS(N)(=O)=O. The standard InChI is InChI=1S/C17H23N3O8S4/c1-4-27-13-9-11(30-15(13)17(22)20-32(18,25)26)6-5-7-28-12-8-10(2)29-14(12)16(21)19-31(3,23)24/h8-9H,4-7H2,1-3H3,(H,19,21)(H,20,22)(H2,18,25,26). The minimum Gasteiger partial charge on any atom is -0.492 e. The molecule has 0 aliphatic heterocycles. The number of aryl methyl sites for hydroxylation is 2. The summed E-state index contributed by atoms with van der Waals surface area (Å²) in [6.45, 7) is 4.00. The molecule has 0 aliphatic carbocycles. The molecule has 0 unspecified atom stereocenters. The average molecular weight is 526 g/mol. The van der Waals surface area contributed by atoms with Crippen LogP contribution in [0.1, 0.15) is 42.4 Å². The minimum atomic E-state index is -4.20. The Morgan fingerprint density at radius 1 is 1.00 bits per heavy atom. The molecular weight excluding hydrogens is 502 g/mol. The van der Waals surface area contributed by atoms with Gasteiger partial charge >= 0.3 is 0 Å². The van der Waals surface area contributed by atoms with Crippen molar-refractivity contribution in [3.05, 3.63) is 31.6 Å². The van der Waals surface area contributed by atoms with Gasteiger partial charge < -0.3 is 9.47 Å². The molecule has 178 valence electrons. The Labute approximate surface area is 194 Å². The highest BCUT2D eigenvalue weighted by atomic mass is 32.2. The van der Waals surface area contributed by atoms with Gasteiger partial charge in [-0.05, 0) is 38.8 Å². The lowest BCUT2D eigenvalue weighted by atomic mass is 10.2. The van der Waals surface area contributed by atoms with Crippen LogP contribution in [0.25, 0.3) is 0 Å². The lowest BCUT2D eigenvalue weighted by Gasteiger charge is -2.07. The predicted octanol–water partition coefficient (Wildman–Crippen LogP) is 1.15. The summed E-state index contributed by atoms with van der Waals surface area (Å²) in [5, 5.41) is 4.85. The van der Waals surface area contributed by atoms with Crippen molar-refractivity contribution < 1.29 is 35.9 Å². The number of nitrogens with two attached hydrogens (primary N) is 1. The summed E-state index contributed by atoms with van der Waals surface area (Å²) in [4.78, 5) is 26.1. The average Bonchev–Trinajstić information content (AvgIpc) is 3.19. The number of sulfonamides is 1. The van der Waals surface area contributed by atoms with Crippen LogP contribution in [0.2, 0.25) is 0 Å². The third-order valence-electron chi connectivity index (χ3n) is 3.62. The van der Waals surface area contributed by atoms with Crippen LogP contribution >= 0.6 is 22.7 Å². The van der Waals surface area contributed by atoms with Gasteiger partial charge in [0.1, 0.15) is 21.3 Å². The first-order valence-electron chi connectivity index (χ1n) is 9.14. The molecule has 2 aromatic heterocycles. The van der Waals surface area contributed by atoms with Gasteiger partial charge in [0.25, 0.3) is 22.0 Å². The van der Waals surface area contributed by atoms with E-state index >= 15 is 0 Å². The van der Waals surface area contributed by atoms with Crippen LogP contribution in [-0.2, 0) is 26.7 Å². The zero-order valence-corrected chi connectivity index (χ0v) is 20.7. The molecule has 0 saturated heterocycles. The zero-order chi connectivity index (χ0) is 24.1. The molecular formula is C17H23N3O8S4. The first-order valence-corrected chi connectivity index (χ1v) is 14.2. The lowest BCUT2D eigenvalue weighted by Crippen LogP contribution is -2.35. The van der Waals surface area contributed by atoms with E-state index in [0.717, 1.165) is 38.7 Å². The summed E-state index contributed by atoms with van der Waals surface area (Å²) in [7, 11) is -7.91. The van der Waals surface area contributed by atoms with Gasteiger partial charge in [-0.15, -0.1) is 22.7 Å². The normalized spacial score (nSPS) is 11.8. The summed E-state index contributed by atoms with van der Waals surface area (Å²) in [6, 6.07) is 3.29. The topological polar surface area (TPSA) is 171 Å². The van der Waals surface area contributed by atoms with E-state index in [1.807, 2.05) is 4.72 Å². The van der Waals surface area contributed by atoms with Crippen molar-refractivity contribution in [1.82, 2.24) is 9.44 Å². The fourth-order valence-electron chi connectivity index (χ4n) is 2.54. The second-order valence-corrected chi connectivity index (χ2v) is 12.0. The third-order valence-corrected chi connectivity index (χ3v) is 6.85. The Bertz CT molecular complexity index is 1200. The monoisotopic (exact) mass is 525 g/mol. The van der Waals surface area contributed by atoms with E-state index in [9.17, 15) is 26.4 Å².